The molecule has 0 radical (unpaired) electrons. The Hall–Kier alpha value is -2.61. The molecular formula is C24H33FN2O4S. The Bertz CT molecular complexity index is 1020. The van der Waals surface area contributed by atoms with Gasteiger partial charge in [0.15, 0.2) is 0 Å². The third kappa shape index (κ3) is 6.22. The van der Waals surface area contributed by atoms with Gasteiger partial charge in [0.2, 0.25) is 0 Å². The summed E-state index contributed by atoms with van der Waals surface area (Å²) in [6, 6.07) is 11.0. The predicted octanol–water partition coefficient (Wildman–Crippen LogP) is 4.84. The van der Waals surface area contributed by atoms with E-state index in [9.17, 15) is 17.6 Å². The second-order valence-corrected chi connectivity index (χ2v) is 9.42. The van der Waals surface area contributed by atoms with Crippen LogP contribution in [0.5, 0.6) is 5.75 Å². The van der Waals surface area contributed by atoms with Crippen LogP contribution in [0.15, 0.2) is 42.5 Å². The number of benzene rings is 2. The predicted molar refractivity (Wildman–Crippen MR) is 126 cm³/mol. The molecule has 0 aliphatic carbocycles. The molecule has 1 atom stereocenters. The summed E-state index contributed by atoms with van der Waals surface area (Å²) < 4.78 is 44.2. The molecule has 176 valence electrons. The topological polar surface area (TPSA) is 66.9 Å². The summed E-state index contributed by atoms with van der Waals surface area (Å²) >= 11 is 0. The third-order valence-electron chi connectivity index (χ3n) is 5.58. The summed E-state index contributed by atoms with van der Waals surface area (Å²) in [5, 5.41) is 0. The fraction of sp³-hybridized carbons (Fsp3) is 0.458. The van der Waals surface area contributed by atoms with Crippen LogP contribution in [0.4, 0.5) is 10.1 Å². The number of hydrogen-bond donors (Lipinski definition) is 0. The van der Waals surface area contributed by atoms with Crippen molar-refractivity contribution < 1.29 is 21.8 Å². The highest BCUT2D eigenvalue weighted by Gasteiger charge is 2.25. The second-order valence-electron chi connectivity index (χ2n) is 7.56. The third-order valence-corrected chi connectivity index (χ3v) is 6.72. The van der Waals surface area contributed by atoms with Gasteiger partial charge >= 0.3 is 10.1 Å². The molecule has 1 unspecified atom stereocenters. The first kappa shape index (κ1) is 25.6. The van der Waals surface area contributed by atoms with Gasteiger partial charge in [0.1, 0.15) is 11.6 Å². The van der Waals surface area contributed by atoms with E-state index < -0.39 is 21.8 Å². The van der Waals surface area contributed by atoms with E-state index in [1.165, 1.54) is 25.1 Å². The second kappa shape index (κ2) is 11.3. The van der Waals surface area contributed by atoms with E-state index in [4.69, 9.17) is 4.18 Å². The highest BCUT2D eigenvalue weighted by atomic mass is 32.2. The molecule has 0 N–H and O–H groups in total. The average Bonchev–Trinajstić information content (AvgIpc) is 2.78. The molecule has 2 aromatic rings. The Morgan fingerprint density at radius 1 is 1.06 bits per heavy atom. The molecule has 0 spiro atoms. The molecule has 8 heteroatoms. The van der Waals surface area contributed by atoms with Gasteiger partial charge in [-0.3, -0.25) is 4.79 Å². The van der Waals surface area contributed by atoms with Crippen LogP contribution in [-0.2, 0) is 16.7 Å². The summed E-state index contributed by atoms with van der Waals surface area (Å²) in [4.78, 5) is 16.8. The summed E-state index contributed by atoms with van der Waals surface area (Å²) in [6.07, 6.45) is 0.654. The van der Waals surface area contributed by atoms with Crippen LogP contribution in [0.25, 0.3) is 0 Å². The maximum Gasteiger partial charge on any atom is 0.308 e. The molecular weight excluding hydrogens is 431 g/mol. The smallest absolute Gasteiger partial charge is 0.308 e. The molecule has 0 fully saturated rings. The minimum absolute atomic E-state index is 0.0174. The van der Waals surface area contributed by atoms with Crippen LogP contribution >= 0.6 is 0 Å². The molecule has 2 rings (SSSR count). The van der Waals surface area contributed by atoms with Gasteiger partial charge in [-0.25, -0.2) is 4.39 Å². The molecule has 1 amide bonds. The standard InChI is InChI=1S/C24H33FN2O4S/c1-6-18(5)27(24(28)21-12-10-11-13-22(21)25)17-19-14-15-20(26(7-2)8-3)16-23(19)31-32(29,30)9-4/h10-16,18H,6-9,17H2,1-5H3. The number of carbonyl (C=O) groups is 1. The van der Waals surface area contributed by atoms with E-state index in [-0.39, 0.29) is 29.7 Å². The summed E-state index contributed by atoms with van der Waals surface area (Å²) in [5.41, 5.74) is 1.36. The van der Waals surface area contributed by atoms with Gasteiger partial charge in [-0.15, -0.1) is 0 Å². The Kier molecular flexibility index (Phi) is 9.07. The van der Waals surface area contributed by atoms with Gasteiger partial charge in [0.05, 0.1) is 11.3 Å². The van der Waals surface area contributed by atoms with Crippen LogP contribution in [0.2, 0.25) is 0 Å². The molecule has 0 aliphatic rings. The Labute approximate surface area is 191 Å². The van der Waals surface area contributed by atoms with Crippen LogP contribution < -0.4 is 9.08 Å². The lowest BCUT2D eigenvalue weighted by molar-refractivity contribution is 0.0666. The molecule has 32 heavy (non-hydrogen) atoms. The van der Waals surface area contributed by atoms with Crippen molar-refractivity contribution >= 4 is 21.7 Å². The maximum absolute atomic E-state index is 14.3. The SMILES string of the molecule is CCC(C)N(Cc1ccc(N(CC)CC)cc1OS(=O)(=O)CC)C(=O)c1ccccc1F. The van der Waals surface area contributed by atoms with Crippen LogP contribution in [0.3, 0.4) is 0 Å². The molecule has 0 heterocycles. The van der Waals surface area contributed by atoms with Crippen molar-refractivity contribution in [3.8, 4) is 5.75 Å². The number of rotatable bonds is 11. The average molecular weight is 465 g/mol. The van der Waals surface area contributed by atoms with Gasteiger partial charge in [0, 0.05) is 43.0 Å². The molecule has 6 nitrogen and oxygen atoms in total. The van der Waals surface area contributed by atoms with E-state index in [1.807, 2.05) is 33.8 Å². The minimum atomic E-state index is -3.77. The lowest BCUT2D eigenvalue weighted by atomic mass is 10.1. The highest BCUT2D eigenvalue weighted by Crippen LogP contribution is 2.30. The zero-order valence-corrected chi connectivity index (χ0v) is 20.3. The van der Waals surface area contributed by atoms with Crippen molar-refractivity contribution in [2.75, 3.05) is 23.7 Å². The zero-order chi connectivity index (χ0) is 23.9. The van der Waals surface area contributed by atoms with Gasteiger partial charge in [-0.1, -0.05) is 25.1 Å². The number of amides is 1. The lowest BCUT2D eigenvalue weighted by Crippen LogP contribution is -2.38. The summed E-state index contributed by atoms with van der Waals surface area (Å²) in [6.45, 7) is 10.9. The Morgan fingerprint density at radius 2 is 1.72 bits per heavy atom. The number of nitrogens with zero attached hydrogens (tertiary/aromatic N) is 2. The van der Waals surface area contributed by atoms with Crippen molar-refractivity contribution in [1.82, 2.24) is 4.90 Å². The van der Waals surface area contributed by atoms with E-state index in [0.717, 1.165) is 18.8 Å². The van der Waals surface area contributed by atoms with Gasteiger partial charge in [0.25, 0.3) is 5.91 Å². The van der Waals surface area contributed by atoms with Crippen molar-refractivity contribution in [2.45, 2.75) is 53.6 Å². The van der Waals surface area contributed by atoms with Crippen molar-refractivity contribution in [1.29, 1.82) is 0 Å². The Morgan fingerprint density at radius 3 is 2.28 bits per heavy atom. The molecule has 0 aliphatic heterocycles. The number of anilines is 1. The van der Waals surface area contributed by atoms with Crippen molar-refractivity contribution in [3.05, 3.63) is 59.4 Å². The summed E-state index contributed by atoms with van der Waals surface area (Å²) in [5.74, 6) is -1.03. The van der Waals surface area contributed by atoms with E-state index in [1.54, 1.807) is 23.1 Å². The van der Waals surface area contributed by atoms with E-state index >= 15 is 0 Å². The van der Waals surface area contributed by atoms with E-state index in [2.05, 4.69) is 4.90 Å². The van der Waals surface area contributed by atoms with Gasteiger partial charge in [-0.2, -0.15) is 8.42 Å². The molecule has 0 saturated carbocycles. The highest BCUT2D eigenvalue weighted by molar-refractivity contribution is 7.87. The normalized spacial score (nSPS) is 12.3. The summed E-state index contributed by atoms with van der Waals surface area (Å²) in [7, 11) is -3.77. The number of hydrogen-bond acceptors (Lipinski definition) is 5. The number of carbonyl (C=O) groups excluding carboxylic acids is 1. The fourth-order valence-corrected chi connectivity index (χ4v) is 3.90. The van der Waals surface area contributed by atoms with Crippen LogP contribution in [0, 0.1) is 5.82 Å². The fourth-order valence-electron chi connectivity index (χ4n) is 3.35. The molecule has 2 aromatic carbocycles. The monoisotopic (exact) mass is 464 g/mol. The number of halogens is 1. The van der Waals surface area contributed by atoms with Crippen molar-refractivity contribution in [3.63, 3.8) is 0 Å². The first-order chi connectivity index (χ1) is 15.2. The largest absolute Gasteiger partial charge is 0.382 e. The van der Waals surface area contributed by atoms with Gasteiger partial charge in [-0.05, 0) is 52.3 Å². The minimum Gasteiger partial charge on any atom is -0.382 e. The quantitative estimate of drug-likeness (QED) is 0.445. The first-order valence-electron chi connectivity index (χ1n) is 11.0. The molecule has 0 saturated heterocycles. The zero-order valence-electron chi connectivity index (χ0n) is 19.5. The lowest BCUT2D eigenvalue weighted by Gasteiger charge is -2.30. The molecule has 0 aromatic heterocycles. The van der Waals surface area contributed by atoms with E-state index in [0.29, 0.717) is 12.0 Å². The van der Waals surface area contributed by atoms with Crippen LogP contribution in [0.1, 0.15) is 57.0 Å². The maximum atomic E-state index is 14.3. The van der Waals surface area contributed by atoms with Crippen LogP contribution in [-0.4, -0.2) is 44.1 Å². The Balaban J connectivity index is 2.51. The first-order valence-corrected chi connectivity index (χ1v) is 12.6. The molecule has 0 bridgehead atoms. The van der Waals surface area contributed by atoms with Crippen molar-refractivity contribution in [2.24, 2.45) is 0 Å². The van der Waals surface area contributed by atoms with Gasteiger partial charge < -0.3 is 14.0 Å².